The average Bonchev–Trinajstić information content (AvgIpc) is 2.66. The van der Waals surface area contributed by atoms with Crippen LogP contribution in [0.2, 0.25) is 0 Å². The highest BCUT2D eigenvalue weighted by molar-refractivity contribution is 6.06. The van der Waals surface area contributed by atoms with Crippen molar-refractivity contribution < 1.29 is 19.4 Å². The molecule has 1 aromatic carbocycles. The Balaban J connectivity index is 1.93. The molecule has 0 spiro atoms. The largest absolute Gasteiger partial charge is 0.491 e. The van der Waals surface area contributed by atoms with Gasteiger partial charge in [-0.25, -0.2) is 4.79 Å². The summed E-state index contributed by atoms with van der Waals surface area (Å²) in [6.45, 7) is 7.25. The molecule has 3 amide bonds. The molecule has 0 bridgehead atoms. The van der Waals surface area contributed by atoms with E-state index in [1.165, 1.54) is 0 Å². The predicted octanol–water partition coefficient (Wildman–Crippen LogP) is 1.63. The van der Waals surface area contributed by atoms with Crippen LogP contribution in [0.15, 0.2) is 18.2 Å². The molecule has 0 radical (unpaired) electrons. The third-order valence-electron chi connectivity index (χ3n) is 3.80. The number of aliphatic hydroxyl groups is 1. The maximum absolute atomic E-state index is 12.1. The van der Waals surface area contributed by atoms with Crippen molar-refractivity contribution in [3.63, 3.8) is 0 Å². The number of nitrogens with zero attached hydrogens (tertiary/aromatic N) is 1. The highest BCUT2D eigenvalue weighted by Crippen LogP contribution is 2.19. The van der Waals surface area contributed by atoms with Crippen LogP contribution in [-0.2, 0) is 11.2 Å². The fourth-order valence-corrected chi connectivity index (χ4v) is 2.55. The molecule has 1 aliphatic rings. The van der Waals surface area contributed by atoms with Crippen molar-refractivity contribution in [2.24, 2.45) is 0 Å². The van der Waals surface area contributed by atoms with Gasteiger partial charge < -0.3 is 15.2 Å². The van der Waals surface area contributed by atoms with Gasteiger partial charge in [-0.3, -0.25) is 9.69 Å². The number of hydrogen-bond donors (Lipinski definition) is 2. The van der Waals surface area contributed by atoms with Crippen molar-refractivity contribution >= 4 is 11.9 Å². The van der Waals surface area contributed by atoms with E-state index < -0.39 is 17.7 Å². The van der Waals surface area contributed by atoms with E-state index in [1.54, 1.807) is 13.8 Å². The van der Waals surface area contributed by atoms with Crippen LogP contribution in [0.3, 0.4) is 0 Å². The number of imide groups is 1. The number of rotatable bonds is 6. The minimum atomic E-state index is -0.941. The molecule has 23 heavy (non-hydrogen) atoms. The van der Waals surface area contributed by atoms with Crippen molar-refractivity contribution in [2.45, 2.75) is 45.8 Å². The molecule has 1 saturated heterocycles. The van der Waals surface area contributed by atoms with E-state index in [0.29, 0.717) is 5.75 Å². The van der Waals surface area contributed by atoms with Crippen LogP contribution in [0.4, 0.5) is 4.79 Å². The second kappa shape index (κ2) is 6.58. The summed E-state index contributed by atoms with van der Waals surface area (Å²) in [5, 5.41) is 12.7. The Labute approximate surface area is 136 Å². The monoisotopic (exact) mass is 320 g/mol. The van der Waals surface area contributed by atoms with Crippen LogP contribution >= 0.6 is 0 Å². The Morgan fingerprint density at radius 3 is 2.57 bits per heavy atom. The Morgan fingerprint density at radius 2 is 2.00 bits per heavy atom. The summed E-state index contributed by atoms with van der Waals surface area (Å²) in [7, 11) is 0. The van der Waals surface area contributed by atoms with Crippen molar-refractivity contribution in [1.29, 1.82) is 0 Å². The number of β-amino-alcohol motifs (C(OH)–C–C–N with tert-alkyl or cyclic N) is 1. The highest BCUT2D eigenvalue weighted by Gasteiger charge is 2.44. The molecular formula is C17H24N2O4. The molecule has 1 aromatic rings. The first-order valence-electron chi connectivity index (χ1n) is 7.78. The third-order valence-corrected chi connectivity index (χ3v) is 3.80. The van der Waals surface area contributed by atoms with E-state index in [1.807, 2.05) is 19.1 Å². The minimum Gasteiger partial charge on any atom is -0.491 e. The predicted molar refractivity (Wildman–Crippen MR) is 86.4 cm³/mol. The molecule has 2 N–H and O–H groups in total. The molecule has 1 aliphatic heterocycles. The fourth-order valence-electron chi connectivity index (χ4n) is 2.55. The Morgan fingerprint density at radius 1 is 1.30 bits per heavy atom. The number of amides is 3. The number of benzene rings is 1. The van der Waals surface area contributed by atoms with Gasteiger partial charge in [-0.05, 0) is 50.5 Å². The topological polar surface area (TPSA) is 78.9 Å². The van der Waals surface area contributed by atoms with Crippen LogP contribution in [-0.4, -0.2) is 46.7 Å². The molecule has 6 heteroatoms. The van der Waals surface area contributed by atoms with E-state index in [4.69, 9.17) is 4.74 Å². The van der Waals surface area contributed by atoms with Gasteiger partial charge in [-0.1, -0.05) is 13.0 Å². The number of nitrogens with one attached hydrogen (secondary N) is 1. The molecule has 0 aliphatic carbocycles. The Bertz CT molecular complexity index is 613. The normalized spacial score (nSPS) is 18.0. The number of ether oxygens (including phenoxy) is 1. The molecule has 126 valence electrons. The van der Waals surface area contributed by atoms with Crippen LogP contribution in [0.25, 0.3) is 0 Å². The number of carbonyl (C=O) groups excluding carboxylic acids is 2. The quantitative estimate of drug-likeness (QED) is 0.781. The van der Waals surface area contributed by atoms with Gasteiger partial charge in [0.05, 0.1) is 6.54 Å². The summed E-state index contributed by atoms with van der Waals surface area (Å²) in [5.74, 6) is 0.337. The molecule has 2 rings (SSSR count). The summed E-state index contributed by atoms with van der Waals surface area (Å²) in [6, 6.07) is 5.42. The van der Waals surface area contributed by atoms with E-state index in [9.17, 15) is 14.7 Å². The zero-order chi connectivity index (χ0) is 17.2. The molecule has 1 heterocycles. The summed E-state index contributed by atoms with van der Waals surface area (Å²) < 4.78 is 5.60. The lowest BCUT2D eigenvalue weighted by atomic mass is 10.1. The van der Waals surface area contributed by atoms with Crippen LogP contribution < -0.4 is 10.1 Å². The first-order chi connectivity index (χ1) is 10.7. The molecule has 1 fully saturated rings. The smallest absolute Gasteiger partial charge is 0.325 e. The van der Waals surface area contributed by atoms with Gasteiger partial charge in [0.2, 0.25) is 0 Å². The average molecular weight is 320 g/mol. The lowest BCUT2D eigenvalue weighted by Crippen LogP contribution is -2.42. The molecule has 0 aromatic heterocycles. The standard InChI is InChI=1S/C17H24N2O4/c1-5-12-6-11(2)7-14(8-12)23-10-13(20)9-19-15(21)17(3,4)18-16(19)22/h6-8,13,20H,5,9-10H2,1-4H3,(H,18,22)/t13-/m1/s1. The van der Waals surface area contributed by atoms with E-state index in [2.05, 4.69) is 18.3 Å². The first-order valence-corrected chi connectivity index (χ1v) is 7.78. The van der Waals surface area contributed by atoms with E-state index in [-0.39, 0.29) is 19.1 Å². The summed E-state index contributed by atoms with van der Waals surface area (Å²) >= 11 is 0. The third kappa shape index (κ3) is 4.01. The number of urea groups is 1. The minimum absolute atomic E-state index is 0.0180. The molecule has 0 saturated carbocycles. The number of aryl methyl sites for hydroxylation is 2. The maximum atomic E-state index is 12.1. The van der Waals surface area contributed by atoms with Gasteiger partial charge in [-0.2, -0.15) is 0 Å². The van der Waals surface area contributed by atoms with Gasteiger partial charge in [-0.15, -0.1) is 0 Å². The van der Waals surface area contributed by atoms with Crippen molar-refractivity contribution in [3.05, 3.63) is 29.3 Å². The SMILES string of the molecule is CCc1cc(C)cc(OC[C@H](O)CN2C(=O)NC(C)(C)C2=O)c1. The van der Waals surface area contributed by atoms with E-state index >= 15 is 0 Å². The van der Waals surface area contributed by atoms with Crippen molar-refractivity contribution in [3.8, 4) is 5.75 Å². The zero-order valence-electron chi connectivity index (χ0n) is 14.0. The Kier molecular flexibility index (Phi) is 4.94. The summed E-state index contributed by atoms with van der Waals surface area (Å²) in [6.07, 6.45) is -0.0396. The first kappa shape index (κ1) is 17.3. The van der Waals surface area contributed by atoms with Gasteiger partial charge >= 0.3 is 6.03 Å². The maximum Gasteiger partial charge on any atom is 0.325 e. The van der Waals surface area contributed by atoms with Crippen LogP contribution in [0, 0.1) is 6.92 Å². The lowest BCUT2D eigenvalue weighted by Gasteiger charge is -2.19. The highest BCUT2D eigenvalue weighted by atomic mass is 16.5. The number of aliphatic hydroxyl groups excluding tert-OH is 1. The van der Waals surface area contributed by atoms with Crippen LogP contribution in [0.1, 0.15) is 31.9 Å². The molecule has 6 nitrogen and oxygen atoms in total. The van der Waals surface area contributed by atoms with Gasteiger partial charge in [0, 0.05) is 0 Å². The number of hydrogen-bond acceptors (Lipinski definition) is 4. The summed E-state index contributed by atoms with van der Waals surface area (Å²) in [4.78, 5) is 24.9. The second-order valence-electron chi connectivity index (χ2n) is 6.44. The summed E-state index contributed by atoms with van der Waals surface area (Å²) in [5.41, 5.74) is 1.32. The zero-order valence-corrected chi connectivity index (χ0v) is 14.0. The van der Waals surface area contributed by atoms with Crippen molar-refractivity contribution in [2.75, 3.05) is 13.2 Å². The van der Waals surface area contributed by atoms with Gasteiger partial charge in [0.25, 0.3) is 5.91 Å². The van der Waals surface area contributed by atoms with Crippen molar-refractivity contribution in [1.82, 2.24) is 10.2 Å². The second-order valence-corrected chi connectivity index (χ2v) is 6.44. The number of carbonyl (C=O) groups is 2. The molecular weight excluding hydrogens is 296 g/mol. The Hall–Kier alpha value is -2.08. The van der Waals surface area contributed by atoms with Crippen LogP contribution in [0.5, 0.6) is 5.75 Å². The van der Waals surface area contributed by atoms with E-state index in [0.717, 1.165) is 22.4 Å². The lowest BCUT2D eigenvalue weighted by molar-refractivity contribution is -0.131. The van der Waals surface area contributed by atoms with Gasteiger partial charge in [0.15, 0.2) is 0 Å². The van der Waals surface area contributed by atoms with Gasteiger partial charge in [0.1, 0.15) is 24.0 Å². The molecule has 1 atom stereocenters. The molecule has 0 unspecified atom stereocenters. The fraction of sp³-hybridized carbons (Fsp3) is 0.529.